The zero-order valence-corrected chi connectivity index (χ0v) is 13.8. The molecule has 120 valence electrons. The molecule has 0 bridgehead atoms. The van der Waals surface area contributed by atoms with Gasteiger partial charge in [0.1, 0.15) is 5.75 Å². The number of likely N-dealkylation sites (N-methyl/N-ethyl adjacent to an activating group) is 1. The minimum atomic E-state index is -0.194. The van der Waals surface area contributed by atoms with Gasteiger partial charge in [-0.1, -0.05) is 6.07 Å². The Balaban J connectivity index is 2.18. The Morgan fingerprint density at radius 3 is 2.55 bits per heavy atom. The van der Waals surface area contributed by atoms with E-state index in [1.165, 1.54) is 5.56 Å². The lowest BCUT2D eigenvalue weighted by Crippen LogP contribution is -2.19. The molecule has 2 rings (SSSR count). The Morgan fingerprint density at radius 2 is 1.86 bits per heavy atom. The normalized spacial score (nSPS) is 11.5. The van der Waals surface area contributed by atoms with Crippen molar-refractivity contribution in [3.05, 3.63) is 30.0 Å². The number of aromatic nitrogens is 1. The minimum absolute atomic E-state index is 0.194. The molecule has 1 aromatic carbocycles. The van der Waals surface area contributed by atoms with Crippen molar-refractivity contribution in [3.63, 3.8) is 0 Å². The molecule has 0 fully saturated rings. The standard InChI is InChI=1S/C17H25N3O2/c1-19(2)10-8-13-12-18-14-6-5-7-15(17(13)14)22-16(21)9-11-20(3)4/h5-7,12,18H,8-11H2,1-4H3. The molecule has 0 amide bonds. The largest absolute Gasteiger partial charge is 0.426 e. The first-order valence-corrected chi connectivity index (χ1v) is 7.56. The molecule has 0 radical (unpaired) electrons. The summed E-state index contributed by atoms with van der Waals surface area (Å²) >= 11 is 0. The number of H-pyrrole nitrogens is 1. The summed E-state index contributed by atoms with van der Waals surface area (Å²) < 4.78 is 5.58. The summed E-state index contributed by atoms with van der Waals surface area (Å²) in [6.45, 7) is 1.64. The highest BCUT2D eigenvalue weighted by Crippen LogP contribution is 2.29. The average Bonchev–Trinajstić information content (AvgIpc) is 2.87. The quantitative estimate of drug-likeness (QED) is 0.629. The van der Waals surface area contributed by atoms with E-state index in [0.717, 1.165) is 23.9 Å². The van der Waals surface area contributed by atoms with Crippen LogP contribution in [0.2, 0.25) is 0 Å². The smallest absolute Gasteiger partial charge is 0.312 e. The first-order chi connectivity index (χ1) is 10.5. The summed E-state index contributed by atoms with van der Waals surface area (Å²) in [7, 11) is 7.99. The molecule has 22 heavy (non-hydrogen) atoms. The van der Waals surface area contributed by atoms with E-state index in [1.807, 2.05) is 43.4 Å². The van der Waals surface area contributed by atoms with Gasteiger partial charge in [0.2, 0.25) is 0 Å². The van der Waals surface area contributed by atoms with Crippen molar-refractivity contribution in [2.45, 2.75) is 12.8 Å². The average molecular weight is 303 g/mol. The Labute approximate surface area is 131 Å². The molecule has 1 aromatic heterocycles. The molecule has 0 aliphatic heterocycles. The third kappa shape index (κ3) is 4.32. The van der Waals surface area contributed by atoms with Crippen LogP contribution in [0.15, 0.2) is 24.4 Å². The van der Waals surface area contributed by atoms with Crippen LogP contribution in [-0.4, -0.2) is 62.0 Å². The molecule has 2 aromatic rings. The predicted octanol–water partition coefficient (Wildman–Crippen LogP) is 2.13. The number of fused-ring (bicyclic) bond motifs is 1. The lowest BCUT2D eigenvalue weighted by atomic mass is 10.1. The van der Waals surface area contributed by atoms with Crippen LogP contribution >= 0.6 is 0 Å². The number of ether oxygens (including phenoxy) is 1. The van der Waals surface area contributed by atoms with Crippen molar-refractivity contribution in [3.8, 4) is 5.75 Å². The van der Waals surface area contributed by atoms with Gasteiger partial charge in [-0.3, -0.25) is 4.79 Å². The van der Waals surface area contributed by atoms with Crippen molar-refractivity contribution in [2.75, 3.05) is 41.3 Å². The van der Waals surface area contributed by atoms with Gasteiger partial charge in [-0.05, 0) is 52.3 Å². The molecular formula is C17H25N3O2. The molecule has 0 saturated heterocycles. The summed E-state index contributed by atoms with van der Waals surface area (Å²) in [6.07, 6.45) is 3.31. The molecule has 0 aliphatic carbocycles. The summed E-state index contributed by atoms with van der Waals surface area (Å²) in [6, 6.07) is 5.78. The van der Waals surface area contributed by atoms with Crippen LogP contribution in [-0.2, 0) is 11.2 Å². The number of hydrogen-bond donors (Lipinski definition) is 1. The molecule has 5 heteroatoms. The lowest BCUT2D eigenvalue weighted by Gasteiger charge is -2.11. The number of esters is 1. The van der Waals surface area contributed by atoms with Crippen LogP contribution in [0.1, 0.15) is 12.0 Å². The Morgan fingerprint density at radius 1 is 1.14 bits per heavy atom. The number of nitrogens with zero attached hydrogens (tertiary/aromatic N) is 2. The summed E-state index contributed by atoms with van der Waals surface area (Å²) in [5.74, 6) is 0.456. The molecule has 0 aliphatic rings. The number of nitrogens with one attached hydrogen (secondary N) is 1. The third-order valence-corrected chi connectivity index (χ3v) is 3.56. The fourth-order valence-electron chi connectivity index (χ4n) is 2.33. The second-order valence-electron chi connectivity index (χ2n) is 6.07. The van der Waals surface area contributed by atoms with Crippen LogP contribution in [0.25, 0.3) is 10.9 Å². The molecule has 5 nitrogen and oxygen atoms in total. The number of aromatic amines is 1. The SMILES string of the molecule is CN(C)CCC(=O)Oc1cccc2[nH]cc(CCN(C)C)c12. The van der Waals surface area contributed by atoms with Crippen molar-refractivity contribution < 1.29 is 9.53 Å². The van der Waals surface area contributed by atoms with Crippen LogP contribution in [0.5, 0.6) is 5.75 Å². The van der Waals surface area contributed by atoms with E-state index in [1.54, 1.807) is 0 Å². The maximum Gasteiger partial charge on any atom is 0.312 e. The molecule has 0 atom stereocenters. The first-order valence-electron chi connectivity index (χ1n) is 7.56. The van der Waals surface area contributed by atoms with Crippen LogP contribution in [0, 0.1) is 0 Å². The molecule has 0 saturated carbocycles. The number of benzene rings is 1. The van der Waals surface area contributed by atoms with E-state index in [4.69, 9.17) is 4.74 Å². The summed E-state index contributed by atoms with van der Waals surface area (Å²) in [4.78, 5) is 19.4. The molecule has 0 spiro atoms. The number of carbonyl (C=O) groups excluding carboxylic acids is 1. The van der Waals surface area contributed by atoms with E-state index in [0.29, 0.717) is 18.7 Å². The van der Waals surface area contributed by atoms with Gasteiger partial charge in [0.15, 0.2) is 0 Å². The first kappa shape index (κ1) is 16.5. The van der Waals surface area contributed by atoms with Gasteiger partial charge in [0.05, 0.1) is 6.42 Å². The monoisotopic (exact) mass is 303 g/mol. The van der Waals surface area contributed by atoms with Crippen LogP contribution in [0.3, 0.4) is 0 Å². The topological polar surface area (TPSA) is 48.6 Å². The Kier molecular flexibility index (Phi) is 5.57. The highest BCUT2D eigenvalue weighted by Gasteiger charge is 2.13. The van der Waals surface area contributed by atoms with E-state index in [2.05, 4.69) is 24.0 Å². The van der Waals surface area contributed by atoms with Crippen molar-refractivity contribution in [1.82, 2.24) is 14.8 Å². The van der Waals surface area contributed by atoms with Crippen molar-refractivity contribution in [1.29, 1.82) is 0 Å². The zero-order valence-electron chi connectivity index (χ0n) is 13.8. The van der Waals surface area contributed by atoms with Gasteiger partial charge >= 0.3 is 5.97 Å². The van der Waals surface area contributed by atoms with Gasteiger partial charge in [-0.25, -0.2) is 0 Å². The highest BCUT2D eigenvalue weighted by atomic mass is 16.5. The lowest BCUT2D eigenvalue weighted by molar-refractivity contribution is -0.134. The predicted molar refractivity (Wildman–Crippen MR) is 89.4 cm³/mol. The maximum atomic E-state index is 12.0. The molecular weight excluding hydrogens is 278 g/mol. The van der Waals surface area contributed by atoms with Crippen molar-refractivity contribution >= 4 is 16.9 Å². The molecule has 1 N–H and O–H groups in total. The zero-order chi connectivity index (χ0) is 16.1. The van der Waals surface area contributed by atoms with Gasteiger partial charge < -0.3 is 19.5 Å². The number of hydrogen-bond acceptors (Lipinski definition) is 4. The summed E-state index contributed by atoms with van der Waals surface area (Å²) in [5.41, 5.74) is 2.19. The number of rotatable bonds is 7. The Hall–Kier alpha value is -1.85. The summed E-state index contributed by atoms with van der Waals surface area (Å²) in [5, 5.41) is 1.02. The van der Waals surface area contributed by atoms with E-state index in [9.17, 15) is 4.79 Å². The fraction of sp³-hybridized carbons (Fsp3) is 0.471. The fourth-order valence-corrected chi connectivity index (χ4v) is 2.33. The third-order valence-electron chi connectivity index (χ3n) is 3.56. The minimum Gasteiger partial charge on any atom is -0.426 e. The maximum absolute atomic E-state index is 12.0. The highest BCUT2D eigenvalue weighted by molar-refractivity contribution is 5.91. The second kappa shape index (κ2) is 7.42. The molecule has 1 heterocycles. The van der Waals surface area contributed by atoms with Crippen LogP contribution < -0.4 is 4.74 Å². The molecule has 0 unspecified atom stereocenters. The van der Waals surface area contributed by atoms with Gasteiger partial charge in [-0.2, -0.15) is 0 Å². The van der Waals surface area contributed by atoms with Gasteiger partial charge in [0, 0.05) is 30.2 Å². The van der Waals surface area contributed by atoms with E-state index in [-0.39, 0.29) is 5.97 Å². The van der Waals surface area contributed by atoms with E-state index < -0.39 is 0 Å². The van der Waals surface area contributed by atoms with Gasteiger partial charge in [-0.15, -0.1) is 0 Å². The van der Waals surface area contributed by atoms with E-state index >= 15 is 0 Å². The Bertz CT molecular complexity index is 632. The van der Waals surface area contributed by atoms with Crippen LogP contribution in [0.4, 0.5) is 0 Å². The number of carbonyl (C=O) groups is 1. The van der Waals surface area contributed by atoms with Gasteiger partial charge in [0.25, 0.3) is 0 Å². The van der Waals surface area contributed by atoms with Crippen molar-refractivity contribution in [2.24, 2.45) is 0 Å². The second-order valence-corrected chi connectivity index (χ2v) is 6.07.